The number of furan rings is 1. The van der Waals surface area contributed by atoms with Crippen LogP contribution in [0.4, 0.5) is 14.5 Å². The van der Waals surface area contributed by atoms with Crippen molar-refractivity contribution >= 4 is 26.7 Å². The molecule has 0 radical (unpaired) electrons. The highest BCUT2D eigenvalue weighted by Gasteiger charge is 2.32. The summed E-state index contributed by atoms with van der Waals surface area (Å²) in [6.45, 7) is 4.14. The molecular formula is C31H27F2N5O4S. The van der Waals surface area contributed by atoms with Crippen molar-refractivity contribution < 1.29 is 26.7 Å². The molecule has 6 rings (SSSR count). The van der Waals surface area contributed by atoms with Gasteiger partial charge in [-0.15, -0.1) is 0 Å². The zero-order chi connectivity index (χ0) is 30.6. The molecule has 1 aliphatic heterocycles. The molecule has 1 fully saturated rings. The quantitative estimate of drug-likeness (QED) is 0.265. The second-order valence-electron chi connectivity index (χ2n) is 10.6. The third kappa shape index (κ3) is 4.80. The van der Waals surface area contributed by atoms with Crippen molar-refractivity contribution in [3.05, 3.63) is 83.6 Å². The van der Waals surface area contributed by atoms with E-state index >= 15 is 0 Å². The second-order valence-corrected chi connectivity index (χ2v) is 12.4. The average molecular weight is 604 g/mol. The summed E-state index contributed by atoms with van der Waals surface area (Å²) in [7, 11) is -4.28. The van der Waals surface area contributed by atoms with E-state index in [4.69, 9.17) is 10.2 Å². The number of hydrogen-bond acceptors (Lipinski definition) is 8. The zero-order valence-electron chi connectivity index (χ0n) is 23.3. The topological polar surface area (TPSA) is 138 Å². The lowest BCUT2D eigenvalue weighted by Gasteiger charge is -2.34. The van der Waals surface area contributed by atoms with Crippen molar-refractivity contribution in [1.82, 2.24) is 8.96 Å². The Balaban J connectivity index is 1.76. The van der Waals surface area contributed by atoms with Gasteiger partial charge < -0.3 is 20.2 Å². The number of nitrogens with zero attached hydrogens (tertiary/aromatic N) is 4. The molecule has 0 spiro atoms. The maximum absolute atomic E-state index is 14.5. The highest BCUT2D eigenvalue weighted by atomic mass is 32.2. The van der Waals surface area contributed by atoms with Gasteiger partial charge in [-0.05, 0) is 50.5 Å². The molecule has 1 saturated heterocycles. The number of anilines is 1. The standard InChI is InChI=1S/C31H27F2N5O4S/c1-17-10-27(18(2)42-17)43(40,41)38-16-26(24-5-3-4-19(14-34)30(24)39)28-29(37-8-6-23(35)7-9-37)25(15-36-31(28)38)20-11-21(32)13-22(33)12-20/h3-5,10-13,15-16,23,39H,6-9,35H2,1-2H3. The van der Waals surface area contributed by atoms with E-state index in [1.807, 2.05) is 11.0 Å². The van der Waals surface area contributed by atoms with E-state index in [0.29, 0.717) is 48.3 Å². The van der Waals surface area contributed by atoms with E-state index in [0.717, 1.165) is 10.0 Å². The second kappa shape index (κ2) is 10.5. The summed E-state index contributed by atoms with van der Waals surface area (Å²) < 4.78 is 63.7. The molecule has 2 aromatic carbocycles. The number of benzene rings is 2. The molecule has 220 valence electrons. The minimum atomic E-state index is -4.28. The van der Waals surface area contributed by atoms with Crippen molar-refractivity contribution in [2.24, 2.45) is 5.73 Å². The van der Waals surface area contributed by atoms with Crippen LogP contribution < -0.4 is 10.6 Å². The molecule has 5 aromatic rings. The normalized spacial score (nSPS) is 14.4. The SMILES string of the molecule is Cc1cc(S(=O)(=O)n2cc(-c3cccc(C#N)c3O)c3c(N4CCC(N)CC4)c(-c4cc(F)cc(F)c4)cnc32)c(C)o1. The Morgan fingerprint density at radius 1 is 1.07 bits per heavy atom. The third-order valence-electron chi connectivity index (χ3n) is 7.76. The molecule has 3 aromatic heterocycles. The van der Waals surface area contributed by atoms with Crippen molar-refractivity contribution in [3.63, 3.8) is 0 Å². The lowest BCUT2D eigenvalue weighted by atomic mass is 9.95. The molecule has 1 aliphatic rings. The van der Waals surface area contributed by atoms with Gasteiger partial charge in [0.1, 0.15) is 39.9 Å². The van der Waals surface area contributed by atoms with Crippen LogP contribution in [0, 0.1) is 36.8 Å². The first-order chi connectivity index (χ1) is 20.5. The molecule has 0 amide bonds. The molecule has 0 bridgehead atoms. The summed E-state index contributed by atoms with van der Waals surface area (Å²) in [6, 6.07) is 11.0. The first-order valence-corrected chi connectivity index (χ1v) is 15.0. The number of fused-ring (bicyclic) bond motifs is 1. The van der Waals surface area contributed by atoms with Gasteiger partial charge in [-0.3, -0.25) is 0 Å². The zero-order valence-corrected chi connectivity index (χ0v) is 24.1. The molecule has 0 aliphatic carbocycles. The summed E-state index contributed by atoms with van der Waals surface area (Å²) in [5, 5.41) is 21.1. The number of aromatic nitrogens is 2. The minimum Gasteiger partial charge on any atom is -0.506 e. The number of nitriles is 1. The number of nitrogens with two attached hydrogens (primary N) is 1. The number of phenols is 1. The maximum atomic E-state index is 14.5. The Morgan fingerprint density at radius 3 is 2.40 bits per heavy atom. The highest BCUT2D eigenvalue weighted by molar-refractivity contribution is 7.90. The number of rotatable bonds is 5. The molecule has 9 nitrogen and oxygen atoms in total. The van der Waals surface area contributed by atoms with Crippen LogP contribution in [0.25, 0.3) is 33.3 Å². The van der Waals surface area contributed by atoms with E-state index in [1.165, 1.54) is 36.7 Å². The fraction of sp³-hybridized carbons (Fsp3) is 0.226. The first-order valence-electron chi connectivity index (χ1n) is 13.6. The summed E-state index contributed by atoms with van der Waals surface area (Å²) >= 11 is 0. The van der Waals surface area contributed by atoms with Crippen molar-refractivity contribution in [1.29, 1.82) is 5.26 Å². The van der Waals surface area contributed by atoms with Crippen LogP contribution in [0.5, 0.6) is 5.75 Å². The van der Waals surface area contributed by atoms with E-state index in [2.05, 4.69) is 4.98 Å². The summed E-state index contributed by atoms with van der Waals surface area (Å²) in [4.78, 5) is 6.47. The van der Waals surface area contributed by atoms with Gasteiger partial charge in [0.15, 0.2) is 5.65 Å². The fourth-order valence-electron chi connectivity index (χ4n) is 5.73. The molecule has 0 saturated carbocycles. The van der Waals surface area contributed by atoms with Crippen molar-refractivity contribution in [2.45, 2.75) is 37.6 Å². The van der Waals surface area contributed by atoms with Crippen LogP contribution in [0.2, 0.25) is 0 Å². The fourth-order valence-corrected chi connectivity index (χ4v) is 7.27. The summed E-state index contributed by atoms with van der Waals surface area (Å²) in [5.74, 6) is -1.32. The molecule has 0 atom stereocenters. The van der Waals surface area contributed by atoms with Gasteiger partial charge in [-0.25, -0.2) is 26.2 Å². The van der Waals surface area contributed by atoms with E-state index in [9.17, 15) is 27.6 Å². The van der Waals surface area contributed by atoms with Gasteiger partial charge in [-0.2, -0.15) is 5.26 Å². The predicted molar refractivity (Wildman–Crippen MR) is 157 cm³/mol. The van der Waals surface area contributed by atoms with E-state index < -0.39 is 21.7 Å². The van der Waals surface area contributed by atoms with Crippen LogP contribution in [0.3, 0.4) is 0 Å². The molecule has 43 heavy (non-hydrogen) atoms. The number of piperidine rings is 1. The van der Waals surface area contributed by atoms with Crippen LogP contribution in [0.1, 0.15) is 29.9 Å². The van der Waals surface area contributed by atoms with E-state index in [-0.39, 0.29) is 50.3 Å². The number of aryl methyl sites for hydroxylation is 2. The molecule has 0 unspecified atom stereocenters. The number of halogens is 2. The molecule has 3 N–H and O–H groups in total. The lowest BCUT2D eigenvalue weighted by molar-refractivity contribution is 0.475. The molecule has 4 heterocycles. The van der Waals surface area contributed by atoms with Gasteiger partial charge in [-0.1, -0.05) is 12.1 Å². The number of aromatic hydroxyl groups is 1. The number of phenolic OH excluding ortho intramolecular Hbond substituents is 1. The number of pyridine rings is 1. The number of hydrogen-bond donors (Lipinski definition) is 2. The van der Waals surface area contributed by atoms with Crippen LogP contribution in [-0.2, 0) is 10.0 Å². The summed E-state index contributed by atoms with van der Waals surface area (Å²) in [5.41, 5.74) is 7.72. The van der Waals surface area contributed by atoms with Gasteiger partial charge in [0.2, 0.25) is 0 Å². The summed E-state index contributed by atoms with van der Waals surface area (Å²) in [6.07, 6.45) is 3.99. The maximum Gasteiger partial charge on any atom is 0.272 e. The smallest absolute Gasteiger partial charge is 0.272 e. The van der Waals surface area contributed by atoms with Gasteiger partial charge in [0, 0.05) is 60.3 Å². The van der Waals surface area contributed by atoms with E-state index in [1.54, 1.807) is 26.0 Å². The Bertz CT molecular complexity index is 2030. The van der Waals surface area contributed by atoms with Crippen LogP contribution in [-0.4, -0.2) is 41.6 Å². The van der Waals surface area contributed by atoms with Gasteiger partial charge >= 0.3 is 0 Å². The Kier molecular flexibility index (Phi) is 6.95. The van der Waals surface area contributed by atoms with Gasteiger partial charge in [0.05, 0.1) is 16.6 Å². The Hall–Kier alpha value is -4.73. The van der Waals surface area contributed by atoms with Crippen molar-refractivity contribution in [3.8, 4) is 34.1 Å². The highest BCUT2D eigenvalue weighted by Crippen LogP contribution is 2.46. The lowest BCUT2D eigenvalue weighted by Crippen LogP contribution is -2.40. The first kappa shape index (κ1) is 28.4. The average Bonchev–Trinajstić information content (AvgIpc) is 3.53. The van der Waals surface area contributed by atoms with Crippen LogP contribution in [0.15, 0.2) is 64.2 Å². The largest absolute Gasteiger partial charge is 0.506 e. The molecular weight excluding hydrogens is 576 g/mol. The minimum absolute atomic E-state index is 0.00984. The Labute approximate surface area is 246 Å². The third-order valence-corrected chi connectivity index (χ3v) is 9.52. The Morgan fingerprint density at radius 2 is 1.77 bits per heavy atom. The van der Waals surface area contributed by atoms with Gasteiger partial charge in [0.25, 0.3) is 10.0 Å². The van der Waals surface area contributed by atoms with Crippen molar-refractivity contribution in [2.75, 3.05) is 18.0 Å². The predicted octanol–water partition coefficient (Wildman–Crippen LogP) is 5.60. The number of para-hydroxylation sites is 1. The monoisotopic (exact) mass is 603 g/mol. The van der Waals surface area contributed by atoms with Crippen LogP contribution >= 0.6 is 0 Å². The molecule has 12 heteroatoms.